The Kier molecular flexibility index (Phi) is 6.84. The van der Waals surface area contributed by atoms with Gasteiger partial charge < -0.3 is 10.6 Å². The molecule has 0 spiro atoms. The Balaban J connectivity index is 1.54. The Bertz CT molecular complexity index is 1010. The predicted octanol–water partition coefficient (Wildman–Crippen LogP) is 1.72. The molecule has 0 radical (unpaired) electrons. The lowest BCUT2D eigenvalue weighted by Gasteiger charge is -2.24. The summed E-state index contributed by atoms with van der Waals surface area (Å²) in [5, 5.41) is 4.98. The van der Waals surface area contributed by atoms with Gasteiger partial charge >= 0.3 is 11.8 Å². The van der Waals surface area contributed by atoms with Crippen LogP contribution in [-0.4, -0.2) is 43.7 Å². The maximum atomic E-state index is 12.9. The number of benzene rings is 2. The lowest BCUT2D eigenvalue weighted by Crippen LogP contribution is -2.46. The van der Waals surface area contributed by atoms with Crippen molar-refractivity contribution in [1.29, 1.82) is 0 Å². The summed E-state index contributed by atoms with van der Waals surface area (Å²) in [7, 11) is -3.67. The van der Waals surface area contributed by atoms with E-state index in [0.717, 1.165) is 5.56 Å². The molecule has 160 valence electrons. The van der Waals surface area contributed by atoms with Gasteiger partial charge in [0.05, 0.1) is 4.90 Å². The molecule has 2 N–H and O–H groups in total. The van der Waals surface area contributed by atoms with Gasteiger partial charge in [0.15, 0.2) is 0 Å². The molecule has 1 atom stereocenters. The second-order valence-corrected chi connectivity index (χ2v) is 9.13. The highest BCUT2D eigenvalue weighted by Crippen LogP contribution is 2.25. The summed E-state index contributed by atoms with van der Waals surface area (Å²) in [5.41, 5.74) is 1.62. The number of aryl methyl sites for hydroxylation is 1. The van der Waals surface area contributed by atoms with Gasteiger partial charge in [0.2, 0.25) is 10.0 Å². The first-order valence-electron chi connectivity index (χ1n) is 9.66. The standard InChI is InChI=1S/C21H24FN3O4S/c1-15-4-10-19(11-5-15)30(28,29)25-12-2-3-18(25)14-24-21(27)20(26)23-13-16-6-8-17(22)9-7-16/h4-11,18H,2-3,12-14H2,1H3,(H,23,26)(H,24,27). The van der Waals surface area contributed by atoms with E-state index in [1.54, 1.807) is 24.3 Å². The zero-order valence-electron chi connectivity index (χ0n) is 16.6. The number of halogens is 1. The summed E-state index contributed by atoms with van der Waals surface area (Å²) in [6, 6.07) is 11.8. The molecule has 1 fully saturated rings. The number of amides is 2. The zero-order chi connectivity index (χ0) is 21.7. The fraction of sp³-hybridized carbons (Fsp3) is 0.333. The van der Waals surface area contributed by atoms with Crippen LogP contribution in [0, 0.1) is 12.7 Å². The Morgan fingerprint density at radius 2 is 1.67 bits per heavy atom. The van der Waals surface area contributed by atoms with Gasteiger partial charge in [0.25, 0.3) is 0 Å². The molecule has 2 amide bonds. The van der Waals surface area contributed by atoms with Crippen molar-refractivity contribution in [3.8, 4) is 0 Å². The number of carbonyl (C=O) groups excluding carboxylic acids is 2. The molecular formula is C21H24FN3O4S. The second-order valence-electron chi connectivity index (χ2n) is 7.24. The highest BCUT2D eigenvalue weighted by Gasteiger charge is 2.35. The number of rotatable bonds is 6. The van der Waals surface area contributed by atoms with Crippen LogP contribution < -0.4 is 10.6 Å². The smallest absolute Gasteiger partial charge is 0.309 e. The van der Waals surface area contributed by atoms with Crippen LogP contribution in [0.15, 0.2) is 53.4 Å². The monoisotopic (exact) mass is 433 g/mol. The molecule has 3 rings (SSSR count). The molecule has 1 aliphatic rings. The summed E-state index contributed by atoms with van der Waals surface area (Å²) in [6.45, 7) is 2.39. The van der Waals surface area contributed by atoms with Gasteiger partial charge in [-0.1, -0.05) is 29.8 Å². The first-order chi connectivity index (χ1) is 14.3. The van der Waals surface area contributed by atoms with E-state index in [4.69, 9.17) is 0 Å². The van der Waals surface area contributed by atoms with Crippen LogP contribution in [0.4, 0.5) is 4.39 Å². The second kappa shape index (κ2) is 9.36. The van der Waals surface area contributed by atoms with Crippen LogP contribution in [-0.2, 0) is 26.2 Å². The van der Waals surface area contributed by atoms with Gasteiger partial charge in [0.1, 0.15) is 5.82 Å². The number of nitrogens with zero attached hydrogens (tertiary/aromatic N) is 1. The minimum atomic E-state index is -3.67. The van der Waals surface area contributed by atoms with Crippen LogP contribution in [0.25, 0.3) is 0 Å². The van der Waals surface area contributed by atoms with Gasteiger partial charge in [-0.2, -0.15) is 4.31 Å². The average Bonchev–Trinajstić information content (AvgIpc) is 3.21. The largest absolute Gasteiger partial charge is 0.346 e. The first-order valence-corrected chi connectivity index (χ1v) is 11.1. The average molecular weight is 434 g/mol. The molecule has 7 nitrogen and oxygen atoms in total. The normalized spacial score (nSPS) is 16.9. The molecule has 0 bridgehead atoms. The van der Waals surface area contributed by atoms with E-state index in [-0.39, 0.29) is 23.8 Å². The summed E-state index contributed by atoms with van der Waals surface area (Å²) in [4.78, 5) is 24.3. The van der Waals surface area contributed by atoms with Crippen LogP contribution in [0.2, 0.25) is 0 Å². The molecule has 30 heavy (non-hydrogen) atoms. The summed E-state index contributed by atoms with van der Waals surface area (Å²) in [5.74, 6) is -2.05. The molecule has 0 saturated carbocycles. The van der Waals surface area contributed by atoms with Gasteiger partial charge in [-0.05, 0) is 49.6 Å². The van der Waals surface area contributed by atoms with Crippen LogP contribution >= 0.6 is 0 Å². The minimum Gasteiger partial charge on any atom is -0.346 e. The van der Waals surface area contributed by atoms with E-state index in [1.165, 1.54) is 28.6 Å². The number of nitrogens with one attached hydrogen (secondary N) is 2. The van der Waals surface area contributed by atoms with Gasteiger partial charge in [-0.25, -0.2) is 12.8 Å². The number of sulfonamides is 1. The van der Waals surface area contributed by atoms with Crippen LogP contribution in [0.3, 0.4) is 0 Å². The Morgan fingerprint density at radius 3 is 2.33 bits per heavy atom. The number of hydrogen-bond donors (Lipinski definition) is 2. The topological polar surface area (TPSA) is 95.6 Å². The van der Waals surface area contributed by atoms with E-state index in [1.807, 2.05) is 6.92 Å². The molecule has 9 heteroatoms. The fourth-order valence-corrected chi connectivity index (χ4v) is 5.02. The maximum absolute atomic E-state index is 12.9. The van der Waals surface area contributed by atoms with Crippen molar-refractivity contribution in [3.63, 3.8) is 0 Å². The quantitative estimate of drug-likeness (QED) is 0.678. The van der Waals surface area contributed by atoms with E-state index in [2.05, 4.69) is 10.6 Å². The van der Waals surface area contributed by atoms with Crippen molar-refractivity contribution in [1.82, 2.24) is 14.9 Å². The van der Waals surface area contributed by atoms with Crippen molar-refractivity contribution in [3.05, 3.63) is 65.5 Å². The molecule has 2 aromatic rings. The molecule has 0 aromatic heterocycles. The van der Waals surface area contributed by atoms with Gasteiger partial charge in [0, 0.05) is 25.7 Å². The highest BCUT2D eigenvalue weighted by molar-refractivity contribution is 7.89. The maximum Gasteiger partial charge on any atom is 0.309 e. The van der Waals surface area contributed by atoms with E-state index in [9.17, 15) is 22.4 Å². The van der Waals surface area contributed by atoms with Crippen LogP contribution in [0.5, 0.6) is 0 Å². The summed E-state index contributed by atoms with van der Waals surface area (Å²) < 4.78 is 40.1. The third-order valence-electron chi connectivity index (χ3n) is 5.02. The van der Waals surface area contributed by atoms with E-state index in [0.29, 0.717) is 24.9 Å². The van der Waals surface area contributed by atoms with Gasteiger partial charge in [-0.15, -0.1) is 0 Å². The van der Waals surface area contributed by atoms with Crippen molar-refractivity contribution < 1.29 is 22.4 Å². The Hall–Kier alpha value is -2.78. The van der Waals surface area contributed by atoms with Crippen LogP contribution in [0.1, 0.15) is 24.0 Å². The van der Waals surface area contributed by atoms with E-state index < -0.39 is 27.9 Å². The third-order valence-corrected chi connectivity index (χ3v) is 6.99. The van der Waals surface area contributed by atoms with Crippen molar-refractivity contribution in [2.75, 3.05) is 13.1 Å². The highest BCUT2D eigenvalue weighted by atomic mass is 32.2. The van der Waals surface area contributed by atoms with Crippen molar-refractivity contribution >= 4 is 21.8 Å². The minimum absolute atomic E-state index is 0.0495. The molecule has 1 saturated heterocycles. The number of hydrogen-bond acceptors (Lipinski definition) is 4. The lowest BCUT2D eigenvalue weighted by atomic mass is 10.2. The van der Waals surface area contributed by atoms with Crippen molar-refractivity contribution in [2.45, 2.75) is 37.2 Å². The SMILES string of the molecule is Cc1ccc(S(=O)(=O)N2CCCC2CNC(=O)C(=O)NCc2ccc(F)cc2)cc1. The Morgan fingerprint density at radius 1 is 1.03 bits per heavy atom. The summed E-state index contributed by atoms with van der Waals surface area (Å²) in [6.07, 6.45) is 1.28. The molecule has 1 unspecified atom stereocenters. The molecule has 1 heterocycles. The van der Waals surface area contributed by atoms with E-state index >= 15 is 0 Å². The fourth-order valence-electron chi connectivity index (χ4n) is 3.33. The molecular weight excluding hydrogens is 409 g/mol. The molecule has 1 aliphatic heterocycles. The van der Waals surface area contributed by atoms with Crippen molar-refractivity contribution in [2.24, 2.45) is 0 Å². The Labute approximate surface area is 175 Å². The lowest BCUT2D eigenvalue weighted by molar-refractivity contribution is -0.139. The molecule has 0 aliphatic carbocycles. The summed E-state index contributed by atoms with van der Waals surface area (Å²) >= 11 is 0. The third kappa shape index (κ3) is 5.22. The molecule has 2 aromatic carbocycles. The predicted molar refractivity (Wildman–Crippen MR) is 109 cm³/mol. The van der Waals surface area contributed by atoms with Gasteiger partial charge in [-0.3, -0.25) is 9.59 Å². The number of carbonyl (C=O) groups is 2. The zero-order valence-corrected chi connectivity index (χ0v) is 17.4. The first kappa shape index (κ1) is 21.9.